The number of aldehydes is 1. The largest absolute Gasteiger partial charge is 0.331 e. The molecule has 0 unspecified atom stereocenters. The maximum absolute atomic E-state index is 10.6. The van der Waals surface area contributed by atoms with Gasteiger partial charge in [0.25, 0.3) is 0 Å². The molecule has 0 saturated heterocycles. The van der Waals surface area contributed by atoms with Crippen molar-refractivity contribution in [2.45, 2.75) is 20.0 Å². The molecule has 0 aliphatic carbocycles. The zero-order valence-electron chi connectivity index (χ0n) is 10.7. The summed E-state index contributed by atoms with van der Waals surface area (Å²) in [4.78, 5) is 14.6. The van der Waals surface area contributed by atoms with Crippen molar-refractivity contribution in [1.82, 2.24) is 19.3 Å². The quantitative estimate of drug-likeness (QED) is 0.670. The number of benzene rings is 1. The summed E-state index contributed by atoms with van der Waals surface area (Å²) in [5.41, 5.74) is 2.57. The van der Waals surface area contributed by atoms with Crippen LogP contribution in [0.25, 0.3) is 10.9 Å². The van der Waals surface area contributed by atoms with Crippen LogP contribution in [0.3, 0.4) is 0 Å². The highest BCUT2D eigenvalue weighted by atomic mass is 16.1. The van der Waals surface area contributed by atoms with Gasteiger partial charge >= 0.3 is 0 Å². The van der Waals surface area contributed by atoms with Gasteiger partial charge in [-0.25, -0.2) is 4.98 Å². The SMILES string of the molecule is CCn1nc(Cn2cnc(C=O)c2)c2ccccc21. The van der Waals surface area contributed by atoms with E-state index in [1.807, 2.05) is 21.4 Å². The monoisotopic (exact) mass is 254 g/mol. The molecule has 96 valence electrons. The fraction of sp³-hybridized carbons (Fsp3) is 0.214. The first-order chi connectivity index (χ1) is 9.31. The summed E-state index contributed by atoms with van der Waals surface area (Å²) in [5.74, 6) is 0. The van der Waals surface area contributed by atoms with Crippen LogP contribution in [0.2, 0.25) is 0 Å². The molecule has 5 nitrogen and oxygen atoms in total. The Balaban J connectivity index is 2.02. The van der Waals surface area contributed by atoms with Crippen molar-refractivity contribution < 1.29 is 4.79 Å². The number of hydrogen-bond donors (Lipinski definition) is 0. The predicted octanol–water partition coefficient (Wildman–Crippen LogP) is 2.11. The van der Waals surface area contributed by atoms with E-state index in [0.29, 0.717) is 12.2 Å². The van der Waals surface area contributed by atoms with E-state index in [1.54, 1.807) is 12.5 Å². The van der Waals surface area contributed by atoms with Gasteiger partial charge in [0.1, 0.15) is 5.69 Å². The van der Waals surface area contributed by atoms with Crippen molar-refractivity contribution in [3.05, 3.63) is 48.2 Å². The first kappa shape index (κ1) is 11.6. The summed E-state index contributed by atoms with van der Waals surface area (Å²) in [6.07, 6.45) is 4.13. The Bertz CT molecular complexity index is 726. The molecule has 0 saturated carbocycles. The maximum atomic E-state index is 10.6. The molecule has 0 atom stereocenters. The number of imidazole rings is 1. The lowest BCUT2D eigenvalue weighted by molar-refractivity contribution is 0.111. The van der Waals surface area contributed by atoms with Crippen molar-refractivity contribution in [1.29, 1.82) is 0 Å². The Morgan fingerprint density at radius 3 is 2.89 bits per heavy atom. The highest BCUT2D eigenvalue weighted by Crippen LogP contribution is 2.19. The topological polar surface area (TPSA) is 52.7 Å². The third-order valence-electron chi connectivity index (χ3n) is 3.14. The van der Waals surface area contributed by atoms with Gasteiger partial charge in [-0.05, 0) is 13.0 Å². The molecule has 1 aromatic carbocycles. The summed E-state index contributed by atoms with van der Waals surface area (Å²) < 4.78 is 3.86. The van der Waals surface area contributed by atoms with E-state index in [2.05, 4.69) is 29.1 Å². The summed E-state index contributed by atoms with van der Waals surface area (Å²) >= 11 is 0. The van der Waals surface area contributed by atoms with E-state index >= 15 is 0 Å². The smallest absolute Gasteiger partial charge is 0.169 e. The van der Waals surface area contributed by atoms with Crippen LogP contribution in [0.15, 0.2) is 36.8 Å². The number of aromatic nitrogens is 4. The Labute approximate surface area is 110 Å². The molecule has 19 heavy (non-hydrogen) atoms. The second-order valence-corrected chi connectivity index (χ2v) is 4.37. The number of para-hydroxylation sites is 1. The van der Waals surface area contributed by atoms with Crippen LogP contribution < -0.4 is 0 Å². The van der Waals surface area contributed by atoms with Crippen molar-refractivity contribution in [3.63, 3.8) is 0 Å². The molecule has 2 aromatic heterocycles. The van der Waals surface area contributed by atoms with Crippen LogP contribution in [-0.2, 0) is 13.1 Å². The van der Waals surface area contributed by atoms with Crippen molar-refractivity contribution in [2.75, 3.05) is 0 Å². The number of aryl methyl sites for hydroxylation is 1. The minimum atomic E-state index is 0.444. The van der Waals surface area contributed by atoms with E-state index in [-0.39, 0.29) is 0 Å². The fourth-order valence-electron chi connectivity index (χ4n) is 2.25. The highest BCUT2D eigenvalue weighted by molar-refractivity contribution is 5.82. The average molecular weight is 254 g/mol. The minimum absolute atomic E-state index is 0.444. The predicted molar refractivity (Wildman–Crippen MR) is 72.1 cm³/mol. The molecule has 0 spiro atoms. The first-order valence-corrected chi connectivity index (χ1v) is 6.23. The molecule has 5 heteroatoms. The summed E-state index contributed by atoms with van der Waals surface area (Å²) in [6.45, 7) is 3.53. The lowest BCUT2D eigenvalue weighted by Crippen LogP contribution is -2.00. The van der Waals surface area contributed by atoms with Gasteiger partial charge < -0.3 is 4.57 Å². The molecule has 0 fully saturated rings. The third-order valence-corrected chi connectivity index (χ3v) is 3.14. The Kier molecular flexibility index (Phi) is 2.87. The normalized spacial score (nSPS) is 11.0. The summed E-state index contributed by atoms with van der Waals surface area (Å²) in [6, 6.07) is 8.17. The van der Waals surface area contributed by atoms with E-state index in [9.17, 15) is 4.79 Å². The molecule has 0 aliphatic rings. The first-order valence-electron chi connectivity index (χ1n) is 6.23. The molecular formula is C14H14N4O. The van der Waals surface area contributed by atoms with E-state index in [1.165, 1.54) is 0 Å². The second-order valence-electron chi connectivity index (χ2n) is 4.37. The lowest BCUT2D eigenvalue weighted by atomic mass is 10.2. The van der Waals surface area contributed by atoms with Gasteiger partial charge in [-0.3, -0.25) is 9.48 Å². The molecule has 0 amide bonds. The Morgan fingerprint density at radius 2 is 2.16 bits per heavy atom. The number of nitrogens with zero attached hydrogens (tertiary/aromatic N) is 4. The lowest BCUT2D eigenvalue weighted by Gasteiger charge is -1.98. The number of hydrogen-bond acceptors (Lipinski definition) is 3. The van der Waals surface area contributed by atoms with Gasteiger partial charge in [0.05, 0.1) is 24.1 Å². The molecule has 2 heterocycles. The van der Waals surface area contributed by atoms with E-state index in [0.717, 1.165) is 29.4 Å². The molecular weight excluding hydrogens is 240 g/mol. The van der Waals surface area contributed by atoms with Crippen LogP contribution in [0, 0.1) is 0 Å². The number of rotatable bonds is 4. The van der Waals surface area contributed by atoms with Crippen LogP contribution in [0.5, 0.6) is 0 Å². The molecule has 3 rings (SSSR count). The highest BCUT2D eigenvalue weighted by Gasteiger charge is 2.09. The van der Waals surface area contributed by atoms with Gasteiger partial charge in [0.2, 0.25) is 0 Å². The fourth-order valence-corrected chi connectivity index (χ4v) is 2.25. The molecule has 0 radical (unpaired) electrons. The van der Waals surface area contributed by atoms with Gasteiger partial charge in [-0.15, -0.1) is 0 Å². The number of carbonyl (C=O) groups is 1. The van der Waals surface area contributed by atoms with Crippen LogP contribution in [-0.4, -0.2) is 25.6 Å². The van der Waals surface area contributed by atoms with Crippen molar-refractivity contribution in [2.24, 2.45) is 0 Å². The van der Waals surface area contributed by atoms with E-state index in [4.69, 9.17) is 0 Å². The molecule has 3 aromatic rings. The number of fused-ring (bicyclic) bond motifs is 1. The molecule has 0 N–H and O–H groups in total. The van der Waals surface area contributed by atoms with Gasteiger partial charge in [0, 0.05) is 18.1 Å². The minimum Gasteiger partial charge on any atom is -0.331 e. The Hall–Kier alpha value is -2.43. The van der Waals surface area contributed by atoms with Crippen LogP contribution >= 0.6 is 0 Å². The Morgan fingerprint density at radius 1 is 1.32 bits per heavy atom. The summed E-state index contributed by atoms with van der Waals surface area (Å²) in [7, 11) is 0. The van der Waals surface area contributed by atoms with Crippen LogP contribution in [0.4, 0.5) is 0 Å². The second kappa shape index (κ2) is 4.68. The average Bonchev–Trinajstić information content (AvgIpc) is 3.04. The molecule has 0 bridgehead atoms. The standard InChI is InChI=1S/C14H14N4O/c1-2-18-14-6-4-3-5-12(14)13(16-18)8-17-7-11(9-19)15-10-17/h3-7,9-10H,2,8H2,1H3. The van der Waals surface area contributed by atoms with Crippen molar-refractivity contribution >= 4 is 17.2 Å². The maximum Gasteiger partial charge on any atom is 0.169 e. The molecule has 0 aliphatic heterocycles. The van der Waals surface area contributed by atoms with Crippen molar-refractivity contribution in [3.8, 4) is 0 Å². The summed E-state index contributed by atoms with van der Waals surface area (Å²) in [5, 5.41) is 5.76. The zero-order chi connectivity index (χ0) is 13.2. The van der Waals surface area contributed by atoms with Crippen LogP contribution in [0.1, 0.15) is 23.1 Å². The van der Waals surface area contributed by atoms with Gasteiger partial charge in [-0.1, -0.05) is 18.2 Å². The number of carbonyl (C=O) groups excluding carboxylic acids is 1. The van der Waals surface area contributed by atoms with E-state index < -0.39 is 0 Å². The zero-order valence-corrected chi connectivity index (χ0v) is 10.7. The van der Waals surface area contributed by atoms with Gasteiger partial charge in [-0.2, -0.15) is 5.10 Å². The third kappa shape index (κ3) is 2.03. The van der Waals surface area contributed by atoms with Gasteiger partial charge in [0.15, 0.2) is 6.29 Å².